The Morgan fingerprint density at radius 2 is 1.45 bits per heavy atom. The summed E-state index contributed by atoms with van der Waals surface area (Å²) in [5, 5.41) is 0. The minimum Gasteiger partial charge on any atom is -0.490 e. The maximum Gasteiger partial charge on any atom is 0.161 e. The molecule has 0 fully saturated rings. The smallest absolute Gasteiger partial charge is 0.161 e. The molecule has 0 spiro atoms. The van der Waals surface area contributed by atoms with Gasteiger partial charge in [0, 0.05) is 24.2 Å². The third kappa shape index (κ3) is 5.93. The molecule has 0 amide bonds. The van der Waals surface area contributed by atoms with Gasteiger partial charge in [0.15, 0.2) is 23.0 Å². The van der Waals surface area contributed by atoms with Gasteiger partial charge >= 0.3 is 0 Å². The summed E-state index contributed by atoms with van der Waals surface area (Å²) in [6.07, 6.45) is 1.80. The second-order valence-corrected chi connectivity index (χ2v) is 8.19. The van der Waals surface area contributed by atoms with Gasteiger partial charge < -0.3 is 18.9 Å². The van der Waals surface area contributed by atoms with Crippen LogP contribution >= 0.6 is 0 Å². The van der Waals surface area contributed by atoms with Gasteiger partial charge in [0.1, 0.15) is 0 Å². The molecule has 0 unspecified atom stereocenters. The Kier molecular flexibility index (Phi) is 7.83. The summed E-state index contributed by atoms with van der Waals surface area (Å²) in [6, 6.07) is 10.4. The van der Waals surface area contributed by atoms with E-state index in [4.69, 9.17) is 23.9 Å². The largest absolute Gasteiger partial charge is 0.490 e. The highest BCUT2D eigenvalue weighted by atomic mass is 16.5. The Balaban J connectivity index is 1.91. The van der Waals surface area contributed by atoms with E-state index in [2.05, 4.69) is 24.3 Å². The van der Waals surface area contributed by atoms with Crippen LogP contribution < -0.4 is 18.9 Å². The molecule has 5 heteroatoms. The number of nitrogens with zero attached hydrogens (tertiary/aromatic N) is 1. The molecule has 0 aliphatic carbocycles. The molecule has 1 aliphatic heterocycles. The maximum atomic E-state index is 6.04. The van der Waals surface area contributed by atoms with Crippen LogP contribution in [0.5, 0.6) is 23.0 Å². The molecule has 2 aromatic rings. The summed E-state index contributed by atoms with van der Waals surface area (Å²) in [4.78, 5) is 4.85. The molecule has 3 rings (SSSR count). The first kappa shape index (κ1) is 23.0. The first-order chi connectivity index (χ1) is 14.9. The number of benzene rings is 2. The van der Waals surface area contributed by atoms with E-state index in [0.29, 0.717) is 13.2 Å². The summed E-state index contributed by atoms with van der Waals surface area (Å²) < 4.78 is 23.6. The van der Waals surface area contributed by atoms with E-state index in [9.17, 15) is 0 Å². The molecule has 168 valence electrons. The maximum absolute atomic E-state index is 6.04. The van der Waals surface area contributed by atoms with Gasteiger partial charge in [0.25, 0.3) is 0 Å². The average molecular weight is 426 g/mol. The number of hydrogen-bond donors (Lipinski definition) is 0. The molecule has 0 radical (unpaired) electrons. The average Bonchev–Trinajstić information content (AvgIpc) is 2.70. The van der Waals surface area contributed by atoms with Crippen molar-refractivity contribution in [2.45, 2.75) is 66.6 Å². The first-order valence-corrected chi connectivity index (χ1v) is 11.3. The molecule has 0 saturated carbocycles. The quantitative estimate of drug-likeness (QED) is 0.494. The zero-order chi connectivity index (χ0) is 22.4. The molecular formula is C26H35NO4. The lowest BCUT2D eigenvalue weighted by atomic mass is 9.93. The van der Waals surface area contributed by atoms with Crippen molar-refractivity contribution in [2.24, 2.45) is 4.99 Å². The first-order valence-electron chi connectivity index (χ1n) is 11.3. The molecule has 0 N–H and O–H groups in total. The fraction of sp³-hybridized carbons (Fsp3) is 0.500. The lowest BCUT2D eigenvalue weighted by molar-refractivity contribution is 0.198. The molecule has 0 atom stereocenters. The fourth-order valence-electron chi connectivity index (χ4n) is 3.71. The van der Waals surface area contributed by atoms with Gasteiger partial charge in [-0.15, -0.1) is 0 Å². The lowest BCUT2D eigenvalue weighted by Gasteiger charge is -2.21. The van der Waals surface area contributed by atoms with Crippen molar-refractivity contribution >= 4 is 5.71 Å². The summed E-state index contributed by atoms with van der Waals surface area (Å²) >= 11 is 0. The molecule has 31 heavy (non-hydrogen) atoms. The van der Waals surface area contributed by atoms with Crippen molar-refractivity contribution < 1.29 is 18.9 Å². The van der Waals surface area contributed by atoms with Crippen LogP contribution in [-0.4, -0.2) is 37.7 Å². The van der Waals surface area contributed by atoms with Crippen LogP contribution in [0.2, 0.25) is 0 Å². The van der Waals surface area contributed by atoms with Gasteiger partial charge in [0.05, 0.1) is 25.4 Å². The van der Waals surface area contributed by atoms with Crippen LogP contribution in [0.1, 0.15) is 58.2 Å². The molecule has 0 bridgehead atoms. The lowest BCUT2D eigenvalue weighted by Crippen LogP contribution is -2.17. The fourth-order valence-corrected chi connectivity index (χ4v) is 3.71. The van der Waals surface area contributed by atoms with Gasteiger partial charge in [-0.05, 0) is 83.4 Å². The predicted octanol–water partition coefficient (Wildman–Crippen LogP) is 5.65. The standard InChI is InChI=1S/C26H35NO4/c1-7-28-24-15-20-11-12-27-22(21(20)16-25(24)29-8-2)13-19-9-10-23(30-17(3)4)26(14-19)31-18(5)6/h9-10,14-18H,7-8,11-13H2,1-6H3. The highest BCUT2D eigenvalue weighted by Gasteiger charge is 2.20. The minimum absolute atomic E-state index is 0.0725. The molecule has 0 saturated heterocycles. The van der Waals surface area contributed by atoms with E-state index in [1.807, 2.05) is 47.6 Å². The van der Waals surface area contributed by atoms with Crippen LogP contribution in [0.4, 0.5) is 0 Å². The normalized spacial score (nSPS) is 13.1. The summed E-state index contributed by atoms with van der Waals surface area (Å²) in [5.41, 5.74) is 4.62. The van der Waals surface area contributed by atoms with Crippen LogP contribution in [0.3, 0.4) is 0 Å². The predicted molar refractivity (Wildman–Crippen MR) is 126 cm³/mol. The number of aliphatic imine (C=N–C) groups is 1. The van der Waals surface area contributed by atoms with Crippen LogP contribution in [0.25, 0.3) is 0 Å². The highest BCUT2D eigenvalue weighted by Crippen LogP contribution is 2.35. The molecule has 1 heterocycles. The molecule has 5 nitrogen and oxygen atoms in total. The Bertz CT molecular complexity index is 918. The van der Waals surface area contributed by atoms with Crippen LogP contribution in [-0.2, 0) is 12.8 Å². The minimum atomic E-state index is 0.0725. The SMILES string of the molecule is CCOc1cc2c(cc1OCC)C(Cc1ccc(OC(C)C)c(OC(C)C)c1)=NCC2. The van der Waals surface area contributed by atoms with E-state index >= 15 is 0 Å². The Morgan fingerprint density at radius 1 is 0.806 bits per heavy atom. The monoisotopic (exact) mass is 425 g/mol. The van der Waals surface area contributed by atoms with E-state index in [0.717, 1.165) is 59.2 Å². The van der Waals surface area contributed by atoms with Crippen molar-refractivity contribution in [2.75, 3.05) is 19.8 Å². The zero-order valence-corrected chi connectivity index (χ0v) is 19.7. The van der Waals surface area contributed by atoms with Crippen LogP contribution in [0.15, 0.2) is 35.3 Å². The third-order valence-corrected chi connectivity index (χ3v) is 4.87. The number of fused-ring (bicyclic) bond motifs is 1. The van der Waals surface area contributed by atoms with E-state index < -0.39 is 0 Å². The molecular weight excluding hydrogens is 390 g/mol. The highest BCUT2D eigenvalue weighted by molar-refractivity contribution is 6.04. The third-order valence-electron chi connectivity index (χ3n) is 4.87. The van der Waals surface area contributed by atoms with Gasteiger partial charge in [0.2, 0.25) is 0 Å². The van der Waals surface area contributed by atoms with E-state index in [1.54, 1.807) is 0 Å². The Morgan fingerprint density at radius 3 is 2.10 bits per heavy atom. The van der Waals surface area contributed by atoms with Crippen molar-refractivity contribution in [3.05, 3.63) is 47.0 Å². The summed E-state index contributed by atoms with van der Waals surface area (Å²) in [7, 11) is 0. The van der Waals surface area contributed by atoms with Gasteiger partial charge in [-0.25, -0.2) is 0 Å². The molecule has 1 aliphatic rings. The Labute approximate surface area is 186 Å². The summed E-state index contributed by atoms with van der Waals surface area (Å²) in [6.45, 7) is 14.1. The number of ether oxygens (including phenoxy) is 4. The van der Waals surface area contributed by atoms with Crippen molar-refractivity contribution in [1.82, 2.24) is 0 Å². The van der Waals surface area contributed by atoms with Crippen molar-refractivity contribution in [3.8, 4) is 23.0 Å². The second kappa shape index (κ2) is 10.6. The van der Waals surface area contributed by atoms with Gasteiger partial charge in [-0.2, -0.15) is 0 Å². The van der Waals surface area contributed by atoms with Crippen molar-refractivity contribution in [1.29, 1.82) is 0 Å². The molecule has 2 aromatic carbocycles. The summed E-state index contributed by atoms with van der Waals surface area (Å²) in [5.74, 6) is 3.15. The van der Waals surface area contributed by atoms with Gasteiger partial charge in [-0.3, -0.25) is 4.99 Å². The number of rotatable bonds is 10. The molecule has 0 aromatic heterocycles. The van der Waals surface area contributed by atoms with Crippen LogP contribution in [0, 0.1) is 0 Å². The Hall–Kier alpha value is -2.69. The second-order valence-electron chi connectivity index (χ2n) is 8.19. The van der Waals surface area contributed by atoms with Gasteiger partial charge in [-0.1, -0.05) is 6.07 Å². The van der Waals surface area contributed by atoms with E-state index in [-0.39, 0.29) is 12.2 Å². The van der Waals surface area contributed by atoms with E-state index in [1.165, 1.54) is 5.56 Å². The topological polar surface area (TPSA) is 49.3 Å². The van der Waals surface area contributed by atoms with Crippen molar-refractivity contribution in [3.63, 3.8) is 0 Å². The number of hydrogen-bond acceptors (Lipinski definition) is 5. The zero-order valence-electron chi connectivity index (χ0n) is 19.7.